The van der Waals surface area contributed by atoms with Crippen molar-refractivity contribution >= 4 is 37.5 Å². The smallest absolute Gasteiger partial charge is 0.229 e. The van der Waals surface area contributed by atoms with Crippen LogP contribution in [0.5, 0.6) is 0 Å². The van der Waals surface area contributed by atoms with Gasteiger partial charge in [-0.3, -0.25) is 9.52 Å². The zero-order valence-electron chi connectivity index (χ0n) is 13.5. The van der Waals surface area contributed by atoms with Crippen LogP contribution in [0.4, 0.5) is 5.69 Å². The molecule has 2 aromatic rings. The van der Waals surface area contributed by atoms with Gasteiger partial charge >= 0.3 is 0 Å². The van der Waals surface area contributed by atoms with Crippen LogP contribution in [-0.4, -0.2) is 32.5 Å². The Labute approximate surface area is 150 Å². The molecule has 0 aliphatic carbocycles. The molecule has 24 heavy (non-hydrogen) atoms. The number of carbonyl (C=O) groups excluding carboxylic acids is 1. The summed E-state index contributed by atoms with van der Waals surface area (Å²) in [4.78, 5) is 14.1. The first-order valence-corrected chi connectivity index (χ1v) is 9.98. The highest BCUT2D eigenvalue weighted by atomic mass is 79.9. The average molecular weight is 411 g/mol. The lowest BCUT2D eigenvalue weighted by atomic mass is 10.1. The highest BCUT2D eigenvalue weighted by Crippen LogP contribution is 2.20. The number of nitrogens with one attached hydrogen (secondary N) is 1. The summed E-state index contributed by atoms with van der Waals surface area (Å²) < 4.78 is 26.3. The number of nitrogens with zero attached hydrogens (tertiary/aromatic N) is 1. The van der Waals surface area contributed by atoms with E-state index in [0.717, 1.165) is 16.3 Å². The van der Waals surface area contributed by atoms with E-state index in [4.69, 9.17) is 0 Å². The second-order valence-corrected chi connectivity index (χ2v) is 8.15. The molecule has 0 unspecified atom stereocenters. The van der Waals surface area contributed by atoms with Crippen LogP contribution in [0.2, 0.25) is 0 Å². The maximum Gasteiger partial charge on any atom is 0.229 e. The summed E-state index contributed by atoms with van der Waals surface area (Å²) in [5.74, 6) is -0.0893. The Morgan fingerprint density at radius 1 is 1.08 bits per heavy atom. The molecule has 0 spiro atoms. The Balaban J connectivity index is 2.11. The van der Waals surface area contributed by atoms with Crippen LogP contribution >= 0.6 is 15.9 Å². The summed E-state index contributed by atoms with van der Waals surface area (Å²) in [5.41, 5.74) is 2.09. The van der Waals surface area contributed by atoms with Crippen molar-refractivity contribution in [2.45, 2.75) is 13.0 Å². The van der Waals surface area contributed by atoms with E-state index in [9.17, 15) is 13.2 Å². The molecule has 0 saturated heterocycles. The molecule has 0 radical (unpaired) electrons. The average Bonchev–Trinajstić information content (AvgIpc) is 2.50. The molecule has 1 amide bonds. The first kappa shape index (κ1) is 18.5. The molecular formula is C17H19BrN2O3S. The number of anilines is 1. The van der Waals surface area contributed by atoms with Gasteiger partial charge in [0.05, 0.1) is 18.4 Å². The third kappa shape index (κ3) is 5.35. The van der Waals surface area contributed by atoms with Gasteiger partial charge in [-0.2, -0.15) is 0 Å². The predicted octanol–water partition coefficient (Wildman–Crippen LogP) is 3.02. The normalized spacial score (nSPS) is 11.1. The zero-order valence-corrected chi connectivity index (χ0v) is 15.9. The number of carbonyl (C=O) groups is 1. The van der Waals surface area contributed by atoms with Crippen LogP contribution in [0.15, 0.2) is 53.0 Å². The van der Waals surface area contributed by atoms with E-state index < -0.39 is 10.0 Å². The number of rotatable bonds is 6. The number of hydrogen-bond acceptors (Lipinski definition) is 3. The van der Waals surface area contributed by atoms with Gasteiger partial charge in [-0.1, -0.05) is 52.3 Å². The number of likely N-dealkylation sites (N-methyl/N-ethyl adjacent to an activating group) is 1. The lowest BCUT2D eigenvalue weighted by Gasteiger charge is -2.19. The van der Waals surface area contributed by atoms with Gasteiger partial charge in [-0.05, 0) is 23.3 Å². The summed E-state index contributed by atoms with van der Waals surface area (Å²) in [6.45, 7) is 0.474. The summed E-state index contributed by atoms with van der Waals surface area (Å²) >= 11 is 3.47. The van der Waals surface area contributed by atoms with Crippen molar-refractivity contribution in [3.8, 4) is 0 Å². The van der Waals surface area contributed by atoms with Gasteiger partial charge in [0.1, 0.15) is 0 Å². The SMILES string of the molecule is CN(Cc1ccccc1Br)C(=O)Cc1ccccc1NS(C)(=O)=O. The van der Waals surface area contributed by atoms with E-state index in [1.807, 2.05) is 24.3 Å². The predicted molar refractivity (Wildman–Crippen MR) is 99.2 cm³/mol. The van der Waals surface area contributed by atoms with Gasteiger partial charge in [0.15, 0.2) is 0 Å². The van der Waals surface area contributed by atoms with Crippen LogP contribution < -0.4 is 4.72 Å². The highest BCUT2D eigenvalue weighted by molar-refractivity contribution is 9.10. The fourth-order valence-corrected chi connectivity index (χ4v) is 3.25. The number of hydrogen-bond donors (Lipinski definition) is 1. The summed E-state index contributed by atoms with van der Waals surface area (Å²) in [6.07, 6.45) is 1.21. The van der Waals surface area contributed by atoms with Gasteiger partial charge in [0.2, 0.25) is 15.9 Å². The fraction of sp³-hybridized carbons (Fsp3) is 0.235. The molecule has 0 fully saturated rings. The molecule has 0 aliphatic rings. The van der Waals surface area contributed by atoms with Crippen LogP contribution in [0.3, 0.4) is 0 Å². The molecule has 2 rings (SSSR count). The Bertz CT molecular complexity index is 837. The summed E-state index contributed by atoms with van der Waals surface area (Å²) in [5, 5.41) is 0. The van der Waals surface area contributed by atoms with Gasteiger partial charge in [0.25, 0.3) is 0 Å². The van der Waals surface area contributed by atoms with E-state index in [1.165, 1.54) is 0 Å². The molecule has 128 valence electrons. The number of para-hydroxylation sites is 1. The van der Waals surface area contributed by atoms with E-state index in [1.54, 1.807) is 36.2 Å². The number of halogens is 1. The molecule has 7 heteroatoms. The standard InChI is InChI=1S/C17H19BrN2O3S/c1-20(12-14-8-3-5-9-15(14)18)17(21)11-13-7-4-6-10-16(13)19-24(2,22)23/h3-10,19H,11-12H2,1-2H3. The van der Waals surface area contributed by atoms with Gasteiger partial charge in [0, 0.05) is 18.1 Å². The van der Waals surface area contributed by atoms with Gasteiger partial charge < -0.3 is 4.90 Å². The monoisotopic (exact) mass is 410 g/mol. The van der Waals surface area contributed by atoms with Crippen molar-refractivity contribution in [2.24, 2.45) is 0 Å². The minimum atomic E-state index is -3.39. The quantitative estimate of drug-likeness (QED) is 0.795. The molecule has 2 aromatic carbocycles. The van der Waals surface area contributed by atoms with Gasteiger partial charge in [-0.15, -0.1) is 0 Å². The van der Waals surface area contributed by atoms with Crippen LogP contribution in [0, 0.1) is 0 Å². The molecule has 0 heterocycles. The largest absolute Gasteiger partial charge is 0.341 e. The minimum absolute atomic E-state index is 0.0893. The molecule has 0 bridgehead atoms. The minimum Gasteiger partial charge on any atom is -0.341 e. The Hall–Kier alpha value is -1.86. The third-order valence-corrected chi connectivity index (χ3v) is 4.81. The van der Waals surface area contributed by atoms with Crippen LogP contribution in [-0.2, 0) is 27.8 Å². The third-order valence-electron chi connectivity index (χ3n) is 3.45. The van der Waals surface area contributed by atoms with Crippen molar-refractivity contribution in [3.63, 3.8) is 0 Å². The van der Waals surface area contributed by atoms with Crippen molar-refractivity contribution in [3.05, 3.63) is 64.1 Å². The number of sulfonamides is 1. The molecule has 0 aliphatic heterocycles. The van der Waals surface area contributed by atoms with E-state index in [0.29, 0.717) is 17.8 Å². The maximum absolute atomic E-state index is 12.5. The summed E-state index contributed by atoms with van der Waals surface area (Å²) in [7, 11) is -1.66. The molecule has 0 saturated carbocycles. The van der Waals surface area contributed by atoms with Crippen molar-refractivity contribution in [1.29, 1.82) is 0 Å². The lowest BCUT2D eigenvalue weighted by Crippen LogP contribution is -2.28. The first-order chi connectivity index (χ1) is 11.3. The number of benzene rings is 2. The number of amides is 1. The van der Waals surface area contributed by atoms with Crippen molar-refractivity contribution in [2.75, 3.05) is 18.0 Å². The second-order valence-electron chi connectivity index (χ2n) is 5.55. The molecule has 0 aromatic heterocycles. The Kier molecular flexibility index (Phi) is 6.01. The van der Waals surface area contributed by atoms with Crippen molar-refractivity contribution in [1.82, 2.24) is 4.90 Å². The van der Waals surface area contributed by atoms with Crippen LogP contribution in [0.1, 0.15) is 11.1 Å². The van der Waals surface area contributed by atoms with Crippen LogP contribution in [0.25, 0.3) is 0 Å². The Morgan fingerprint density at radius 3 is 2.29 bits per heavy atom. The van der Waals surface area contributed by atoms with E-state index in [2.05, 4.69) is 20.7 Å². The topological polar surface area (TPSA) is 66.5 Å². The first-order valence-electron chi connectivity index (χ1n) is 7.29. The maximum atomic E-state index is 12.5. The molecular weight excluding hydrogens is 392 g/mol. The van der Waals surface area contributed by atoms with E-state index >= 15 is 0 Å². The summed E-state index contributed by atoms with van der Waals surface area (Å²) in [6, 6.07) is 14.6. The highest BCUT2D eigenvalue weighted by Gasteiger charge is 2.15. The Morgan fingerprint density at radius 2 is 1.67 bits per heavy atom. The van der Waals surface area contributed by atoms with Crippen molar-refractivity contribution < 1.29 is 13.2 Å². The molecule has 0 atom stereocenters. The molecule has 5 nitrogen and oxygen atoms in total. The second kappa shape index (κ2) is 7.81. The van der Waals surface area contributed by atoms with E-state index in [-0.39, 0.29) is 12.3 Å². The molecule has 1 N–H and O–H groups in total. The van der Waals surface area contributed by atoms with Gasteiger partial charge in [-0.25, -0.2) is 8.42 Å². The fourth-order valence-electron chi connectivity index (χ4n) is 2.24. The lowest BCUT2D eigenvalue weighted by molar-refractivity contribution is -0.129. The zero-order chi connectivity index (χ0) is 17.7.